The van der Waals surface area contributed by atoms with Gasteiger partial charge in [0.1, 0.15) is 18.5 Å². The maximum absolute atomic E-state index is 9.96. The average molecular weight is 299 g/mol. The minimum Gasteiger partial charge on any atom is -0.491 e. The van der Waals surface area contributed by atoms with Crippen LogP contribution in [0.15, 0.2) is 60.7 Å². The third-order valence-corrected chi connectivity index (χ3v) is 3.60. The van der Waals surface area contributed by atoms with Gasteiger partial charge in [0.25, 0.3) is 0 Å². The van der Waals surface area contributed by atoms with Crippen molar-refractivity contribution in [1.29, 1.82) is 0 Å². The Morgan fingerprint density at radius 2 is 1.64 bits per heavy atom. The van der Waals surface area contributed by atoms with Crippen LogP contribution in [0.4, 0.5) is 0 Å². The van der Waals surface area contributed by atoms with E-state index in [9.17, 15) is 5.11 Å². The van der Waals surface area contributed by atoms with Gasteiger partial charge >= 0.3 is 0 Å². The third-order valence-electron chi connectivity index (χ3n) is 3.60. The second-order valence-electron chi connectivity index (χ2n) is 5.61. The Labute approximate surface area is 133 Å². The molecule has 0 radical (unpaired) electrons. The maximum atomic E-state index is 9.96. The highest BCUT2D eigenvalue weighted by molar-refractivity contribution is 5.20. The second kappa shape index (κ2) is 9.23. The zero-order chi connectivity index (χ0) is 15.6. The van der Waals surface area contributed by atoms with Gasteiger partial charge in [-0.1, -0.05) is 48.5 Å². The molecule has 0 aliphatic rings. The van der Waals surface area contributed by atoms with Gasteiger partial charge in [-0.15, -0.1) is 0 Å². The molecule has 2 N–H and O–H groups in total. The van der Waals surface area contributed by atoms with E-state index in [4.69, 9.17) is 4.74 Å². The highest BCUT2D eigenvalue weighted by atomic mass is 16.5. The molecule has 0 heterocycles. The van der Waals surface area contributed by atoms with E-state index in [0.717, 1.165) is 18.6 Å². The summed E-state index contributed by atoms with van der Waals surface area (Å²) >= 11 is 0. The molecule has 118 valence electrons. The molecule has 3 heteroatoms. The Balaban J connectivity index is 1.60. The molecule has 22 heavy (non-hydrogen) atoms. The predicted octanol–water partition coefficient (Wildman–Crippen LogP) is 3.04. The van der Waals surface area contributed by atoms with Crippen molar-refractivity contribution < 1.29 is 9.84 Å². The summed E-state index contributed by atoms with van der Waals surface area (Å²) in [4.78, 5) is 0. The Kier molecular flexibility index (Phi) is 6.94. The highest BCUT2D eigenvalue weighted by Crippen LogP contribution is 2.08. The molecule has 0 bridgehead atoms. The molecular formula is C19H25NO2. The molecule has 2 aromatic carbocycles. The van der Waals surface area contributed by atoms with Gasteiger partial charge < -0.3 is 15.2 Å². The van der Waals surface area contributed by atoms with Crippen molar-refractivity contribution in [3.05, 3.63) is 66.2 Å². The monoisotopic (exact) mass is 299 g/mol. The standard InChI is InChI=1S/C19H25NO2/c1-16(12-13-17-8-4-2-5-9-17)20-14-18(21)15-22-19-10-6-3-7-11-19/h2-11,16,18,20-21H,12-15H2,1H3/t16-,18-/m0/s1. The highest BCUT2D eigenvalue weighted by Gasteiger charge is 2.08. The molecule has 0 aliphatic heterocycles. The van der Waals surface area contributed by atoms with Crippen LogP contribution in [-0.2, 0) is 6.42 Å². The van der Waals surface area contributed by atoms with Crippen LogP contribution in [0.25, 0.3) is 0 Å². The molecule has 3 nitrogen and oxygen atoms in total. The number of hydrogen-bond acceptors (Lipinski definition) is 3. The van der Waals surface area contributed by atoms with E-state index in [-0.39, 0.29) is 0 Å². The lowest BCUT2D eigenvalue weighted by Crippen LogP contribution is -2.36. The van der Waals surface area contributed by atoms with Gasteiger partial charge in [-0.05, 0) is 37.5 Å². The molecule has 0 aliphatic carbocycles. The molecule has 2 atom stereocenters. The van der Waals surface area contributed by atoms with Crippen LogP contribution in [0.1, 0.15) is 18.9 Å². The molecule has 2 rings (SSSR count). The topological polar surface area (TPSA) is 41.5 Å². The fourth-order valence-corrected chi connectivity index (χ4v) is 2.24. The number of nitrogens with one attached hydrogen (secondary N) is 1. The molecular weight excluding hydrogens is 274 g/mol. The SMILES string of the molecule is C[C@@H](CCc1ccccc1)NC[C@H](O)COc1ccccc1. The van der Waals surface area contributed by atoms with Crippen molar-refractivity contribution in [3.63, 3.8) is 0 Å². The molecule has 0 aromatic heterocycles. The summed E-state index contributed by atoms with van der Waals surface area (Å²) in [5.41, 5.74) is 1.35. The van der Waals surface area contributed by atoms with E-state index >= 15 is 0 Å². The van der Waals surface area contributed by atoms with E-state index in [2.05, 4.69) is 36.5 Å². The van der Waals surface area contributed by atoms with Gasteiger partial charge in [0.2, 0.25) is 0 Å². The number of aryl methyl sites for hydroxylation is 1. The number of ether oxygens (including phenoxy) is 1. The van der Waals surface area contributed by atoms with Crippen LogP contribution >= 0.6 is 0 Å². The van der Waals surface area contributed by atoms with Crippen molar-refractivity contribution in [3.8, 4) is 5.75 Å². The minimum absolute atomic E-state index is 0.308. The van der Waals surface area contributed by atoms with E-state index in [0.29, 0.717) is 19.2 Å². The van der Waals surface area contributed by atoms with Gasteiger partial charge in [0, 0.05) is 12.6 Å². The predicted molar refractivity (Wildman–Crippen MR) is 90.2 cm³/mol. The van der Waals surface area contributed by atoms with Gasteiger partial charge in [-0.25, -0.2) is 0 Å². The fraction of sp³-hybridized carbons (Fsp3) is 0.368. The van der Waals surface area contributed by atoms with Crippen molar-refractivity contribution in [1.82, 2.24) is 5.32 Å². The first-order valence-electron chi connectivity index (χ1n) is 7.87. The number of aliphatic hydroxyl groups is 1. The van der Waals surface area contributed by atoms with Crippen LogP contribution in [0.5, 0.6) is 5.75 Å². The van der Waals surface area contributed by atoms with Crippen LogP contribution in [0, 0.1) is 0 Å². The van der Waals surface area contributed by atoms with Crippen LogP contribution in [-0.4, -0.2) is 30.4 Å². The van der Waals surface area contributed by atoms with Crippen LogP contribution < -0.4 is 10.1 Å². The Hall–Kier alpha value is -1.84. The third kappa shape index (κ3) is 6.29. The summed E-state index contributed by atoms with van der Waals surface area (Å²) in [5.74, 6) is 0.790. The molecule has 0 fully saturated rings. The Morgan fingerprint density at radius 1 is 1.00 bits per heavy atom. The first-order chi connectivity index (χ1) is 10.7. The van der Waals surface area contributed by atoms with Crippen molar-refractivity contribution in [2.75, 3.05) is 13.2 Å². The van der Waals surface area contributed by atoms with E-state index < -0.39 is 6.10 Å². The Bertz CT molecular complexity index is 466. The summed E-state index contributed by atoms with van der Waals surface area (Å²) in [6.45, 7) is 3.00. The second-order valence-corrected chi connectivity index (χ2v) is 5.61. The fourth-order valence-electron chi connectivity index (χ4n) is 2.24. The lowest BCUT2D eigenvalue weighted by atomic mass is 10.1. The number of para-hydroxylation sites is 1. The first-order valence-corrected chi connectivity index (χ1v) is 7.87. The van der Waals surface area contributed by atoms with Gasteiger partial charge in [0.05, 0.1) is 0 Å². The smallest absolute Gasteiger partial charge is 0.119 e. The molecule has 0 amide bonds. The lowest BCUT2D eigenvalue weighted by Gasteiger charge is -2.17. The normalized spacial score (nSPS) is 13.5. The minimum atomic E-state index is -0.501. The van der Waals surface area contributed by atoms with Crippen molar-refractivity contribution in [2.45, 2.75) is 31.9 Å². The molecule has 0 saturated carbocycles. The Morgan fingerprint density at radius 3 is 2.32 bits per heavy atom. The zero-order valence-electron chi connectivity index (χ0n) is 13.1. The largest absolute Gasteiger partial charge is 0.491 e. The summed E-state index contributed by atoms with van der Waals surface area (Å²) in [7, 11) is 0. The van der Waals surface area contributed by atoms with Gasteiger partial charge in [-0.3, -0.25) is 0 Å². The average Bonchev–Trinajstić information content (AvgIpc) is 2.58. The molecule has 0 saturated heterocycles. The van der Waals surface area contributed by atoms with E-state index in [1.165, 1.54) is 5.56 Å². The van der Waals surface area contributed by atoms with E-state index in [1.807, 2.05) is 36.4 Å². The zero-order valence-corrected chi connectivity index (χ0v) is 13.1. The van der Waals surface area contributed by atoms with Crippen molar-refractivity contribution >= 4 is 0 Å². The lowest BCUT2D eigenvalue weighted by molar-refractivity contribution is 0.104. The molecule has 0 spiro atoms. The summed E-state index contributed by atoms with van der Waals surface area (Å²) in [6, 6.07) is 20.4. The summed E-state index contributed by atoms with van der Waals surface area (Å²) < 4.78 is 5.54. The summed E-state index contributed by atoms with van der Waals surface area (Å²) in [5, 5.41) is 13.3. The molecule has 2 aromatic rings. The number of benzene rings is 2. The van der Waals surface area contributed by atoms with Gasteiger partial charge in [-0.2, -0.15) is 0 Å². The van der Waals surface area contributed by atoms with E-state index in [1.54, 1.807) is 0 Å². The van der Waals surface area contributed by atoms with Crippen LogP contribution in [0.2, 0.25) is 0 Å². The number of rotatable bonds is 9. The quantitative estimate of drug-likeness (QED) is 0.748. The molecule has 0 unspecified atom stereocenters. The number of hydrogen-bond donors (Lipinski definition) is 2. The van der Waals surface area contributed by atoms with Crippen LogP contribution in [0.3, 0.4) is 0 Å². The first kappa shape index (κ1) is 16.5. The van der Waals surface area contributed by atoms with Gasteiger partial charge in [0.15, 0.2) is 0 Å². The summed E-state index contributed by atoms with van der Waals surface area (Å²) in [6.07, 6.45) is 1.60. The number of aliphatic hydroxyl groups excluding tert-OH is 1. The van der Waals surface area contributed by atoms with Crippen molar-refractivity contribution in [2.24, 2.45) is 0 Å². The maximum Gasteiger partial charge on any atom is 0.119 e.